The maximum Gasteiger partial charge on any atom is 0.303 e. The molecule has 0 aliphatic heterocycles. The van der Waals surface area contributed by atoms with Crippen LogP contribution in [0.25, 0.3) is 10.6 Å². The molecule has 2 aromatic heterocycles. The van der Waals surface area contributed by atoms with Crippen molar-refractivity contribution in [3.05, 3.63) is 59.4 Å². The molecule has 0 radical (unpaired) electrons. The monoisotopic (exact) mass is 456 g/mol. The van der Waals surface area contributed by atoms with E-state index >= 15 is 0 Å². The lowest BCUT2D eigenvalue weighted by Crippen LogP contribution is -2.36. The first-order valence-electron chi connectivity index (χ1n) is 10.7. The normalized spacial score (nSPS) is 11.0. The predicted molar refractivity (Wildman–Crippen MR) is 123 cm³/mol. The van der Waals surface area contributed by atoms with Crippen molar-refractivity contribution < 1.29 is 23.8 Å². The number of thiazole rings is 1. The summed E-state index contributed by atoms with van der Waals surface area (Å²) in [5.41, 5.74) is 0.919. The number of nitrogens with zero attached hydrogens (tertiary/aromatic N) is 2. The van der Waals surface area contributed by atoms with Crippen LogP contribution in [0.1, 0.15) is 54.9 Å². The predicted octanol–water partition coefficient (Wildman–Crippen LogP) is 5.48. The number of hydrogen-bond donors (Lipinski definition) is 1. The molecule has 0 saturated heterocycles. The first-order valence-corrected chi connectivity index (χ1v) is 11.5. The van der Waals surface area contributed by atoms with Crippen LogP contribution in [-0.2, 0) is 11.3 Å². The van der Waals surface area contributed by atoms with E-state index in [0.29, 0.717) is 30.3 Å². The molecule has 0 unspecified atom stereocenters. The Bertz CT molecular complexity index is 1010. The van der Waals surface area contributed by atoms with Crippen molar-refractivity contribution >= 4 is 23.2 Å². The summed E-state index contributed by atoms with van der Waals surface area (Å²) in [6.07, 6.45) is 5.66. The van der Waals surface area contributed by atoms with Gasteiger partial charge >= 0.3 is 5.97 Å². The number of rotatable bonds is 12. The Morgan fingerprint density at radius 2 is 1.97 bits per heavy atom. The topological polar surface area (TPSA) is 92.9 Å². The van der Waals surface area contributed by atoms with Gasteiger partial charge in [0.05, 0.1) is 17.7 Å². The van der Waals surface area contributed by atoms with Gasteiger partial charge in [0.15, 0.2) is 5.01 Å². The molecule has 170 valence electrons. The number of aromatic nitrogens is 1. The Kier molecular flexibility index (Phi) is 8.44. The van der Waals surface area contributed by atoms with Crippen LogP contribution in [0.5, 0.6) is 5.75 Å². The fourth-order valence-corrected chi connectivity index (χ4v) is 4.05. The highest BCUT2D eigenvalue weighted by molar-refractivity contribution is 7.16. The number of ether oxygens (including phenoxy) is 1. The fraction of sp³-hybridized carbons (Fsp3) is 0.375. The molecule has 0 aliphatic carbocycles. The Balaban J connectivity index is 1.64. The summed E-state index contributed by atoms with van der Waals surface area (Å²) >= 11 is 1.31. The van der Waals surface area contributed by atoms with Crippen LogP contribution >= 0.6 is 11.3 Å². The van der Waals surface area contributed by atoms with Gasteiger partial charge in [-0.25, -0.2) is 4.98 Å². The molecular formula is C24H28N2O5S. The minimum Gasteiger partial charge on any atom is -0.493 e. The number of amides is 1. The van der Waals surface area contributed by atoms with Crippen LogP contribution in [0.3, 0.4) is 0 Å². The van der Waals surface area contributed by atoms with Crippen LogP contribution in [0.15, 0.2) is 53.3 Å². The third kappa shape index (κ3) is 6.43. The molecule has 0 spiro atoms. The van der Waals surface area contributed by atoms with Crippen molar-refractivity contribution in [1.82, 2.24) is 9.88 Å². The Hall–Kier alpha value is -3.13. The van der Waals surface area contributed by atoms with E-state index in [1.165, 1.54) is 11.3 Å². The average Bonchev–Trinajstić information content (AvgIpc) is 3.46. The van der Waals surface area contributed by atoms with Crippen molar-refractivity contribution in [3.8, 4) is 16.4 Å². The highest BCUT2D eigenvalue weighted by atomic mass is 32.1. The van der Waals surface area contributed by atoms with Crippen LogP contribution in [0, 0.1) is 0 Å². The molecule has 7 nitrogen and oxygen atoms in total. The number of carbonyl (C=O) groups excluding carboxylic acids is 1. The third-order valence-electron chi connectivity index (χ3n) is 4.94. The number of carbonyl (C=O) groups is 2. The molecule has 8 heteroatoms. The number of carboxylic acids is 1. The van der Waals surface area contributed by atoms with Crippen molar-refractivity contribution in [1.29, 1.82) is 0 Å². The lowest BCUT2D eigenvalue weighted by atomic mass is 10.1. The average molecular weight is 457 g/mol. The zero-order valence-electron chi connectivity index (χ0n) is 18.3. The second kappa shape index (κ2) is 11.5. The van der Waals surface area contributed by atoms with Crippen molar-refractivity contribution in [2.45, 2.75) is 52.1 Å². The zero-order valence-corrected chi connectivity index (χ0v) is 19.1. The molecule has 3 rings (SSSR count). The Morgan fingerprint density at radius 1 is 1.16 bits per heavy atom. The highest BCUT2D eigenvalue weighted by Gasteiger charge is 2.24. The van der Waals surface area contributed by atoms with Gasteiger partial charge in [-0.2, -0.15) is 0 Å². The van der Waals surface area contributed by atoms with Gasteiger partial charge in [-0.1, -0.05) is 18.2 Å². The number of para-hydroxylation sites is 1. The summed E-state index contributed by atoms with van der Waals surface area (Å²) in [5.74, 6) is 0.525. The van der Waals surface area contributed by atoms with E-state index in [1.807, 2.05) is 44.2 Å². The van der Waals surface area contributed by atoms with Crippen LogP contribution in [0.4, 0.5) is 0 Å². The van der Waals surface area contributed by atoms with E-state index in [0.717, 1.165) is 29.0 Å². The number of hydrogen-bond acceptors (Lipinski definition) is 6. The van der Waals surface area contributed by atoms with E-state index in [9.17, 15) is 9.59 Å². The summed E-state index contributed by atoms with van der Waals surface area (Å²) in [6, 6.07) is 11.3. The third-order valence-corrected chi connectivity index (χ3v) is 5.94. The molecule has 1 N–H and O–H groups in total. The number of aliphatic carboxylic acids is 1. The highest BCUT2D eigenvalue weighted by Crippen LogP contribution is 2.28. The maximum atomic E-state index is 13.2. The summed E-state index contributed by atoms with van der Waals surface area (Å²) < 4.78 is 11.4. The number of carboxylic acid groups (broad SMARTS) is 1. The SMILES string of the molecule is CC(C)N(Cc1ccccc1OCCCCCC(=O)O)C(=O)c1ncc(-c2ccco2)s1. The standard InChI is InChI=1S/C24H28N2O5S/c1-17(2)26(24(29)23-25-15-21(32-23)20-11-8-14-31-20)16-18-9-5-6-10-19(18)30-13-7-3-4-12-22(27)28/h5-6,8-11,14-15,17H,3-4,7,12-13,16H2,1-2H3,(H,27,28). The number of unbranched alkanes of at least 4 members (excludes halogenated alkanes) is 2. The molecule has 0 atom stereocenters. The van der Waals surface area contributed by atoms with Gasteiger partial charge in [0.25, 0.3) is 5.91 Å². The smallest absolute Gasteiger partial charge is 0.303 e. The molecule has 3 aromatic rings. The van der Waals surface area contributed by atoms with Gasteiger partial charge in [0.2, 0.25) is 0 Å². The summed E-state index contributed by atoms with van der Waals surface area (Å²) in [5, 5.41) is 9.14. The molecule has 1 aromatic carbocycles. The molecule has 2 heterocycles. The molecule has 32 heavy (non-hydrogen) atoms. The van der Waals surface area contributed by atoms with Gasteiger partial charge in [-0.3, -0.25) is 9.59 Å². The maximum absolute atomic E-state index is 13.2. The van der Waals surface area contributed by atoms with Crippen LogP contribution < -0.4 is 4.74 Å². The molecule has 0 bridgehead atoms. The van der Waals surface area contributed by atoms with Gasteiger partial charge in [-0.15, -0.1) is 11.3 Å². The second-order valence-electron chi connectivity index (χ2n) is 7.69. The van der Waals surface area contributed by atoms with Crippen molar-refractivity contribution in [2.75, 3.05) is 6.61 Å². The van der Waals surface area contributed by atoms with Crippen molar-refractivity contribution in [3.63, 3.8) is 0 Å². The van der Waals surface area contributed by atoms with E-state index < -0.39 is 5.97 Å². The largest absolute Gasteiger partial charge is 0.493 e. The molecule has 0 aliphatic rings. The quantitative estimate of drug-likeness (QED) is 0.363. The first kappa shape index (κ1) is 23.5. The summed E-state index contributed by atoms with van der Waals surface area (Å²) in [4.78, 5) is 30.7. The fourth-order valence-electron chi connectivity index (χ4n) is 3.21. The minimum absolute atomic E-state index is 0.0254. The zero-order chi connectivity index (χ0) is 22.9. The van der Waals surface area contributed by atoms with Gasteiger partial charge in [0, 0.05) is 30.8 Å². The summed E-state index contributed by atoms with van der Waals surface area (Å²) in [6.45, 7) is 4.86. The lowest BCUT2D eigenvalue weighted by Gasteiger charge is -2.27. The Morgan fingerprint density at radius 3 is 2.69 bits per heavy atom. The number of furan rings is 1. The van der Waals surface area contributed by atoms with E-state index in [2.05, 4.69) is 4.98 Å². The molecule has 1 amide bonds. The van der Waals surface area contributed by atoms with E-state index in [1.54, 1.807) is 23.4 Å². The first-order chi connectivity index (χ1) is 15.5. The van der Waals surface area contributed by atoms with Crippen molar-refractivity contribution in [2.24, 2.45) is 0 Å². The molecule has 0 saturated carbocycles. The lowest BCUT2D eigenvalue weighted by molar-refractivity contribution is -0.137. The second-order valence-corrected chi connectivity index (χ2v) is 8.72. The van der Waals surface area contributed by atoms with Gasteiger partial charge in [-0.05, 0) is 51.3 Å². The van der Waals surface area contributed by atoms with Gasteiger partial charge in [0.1, 0.15) is 11.5 Å². The number of benzene rings is 1. The van der Waals surface area contributed by atoms with E-state index in [-0.39, 0.29) is 18.4 Å². The minimum atomic E-state index is -0.772. The Labute approximate surface area is 191 Å². The molecule has 0 fully saturated rings. The van der Waals surface area contributed by atoms with Crippen LogP contribution in [-0.4, -0.2) is 39.5 Å². The van der Waals surface area contributed by atoms with Crippen LogP contribution in [0.2, 0.25) is 0 Å². The van der Waals surface area contributed by atoms with E-state index in [4.69, 9.17) is 14.3 Å². The molecular weight excluding hydrogens is 428 g/mol. The summed E-state index contributed by atoms with van der Waals surface area (Å²) in [7, 11) is 0. The van der Waals surface area contributed by atoms with Gasteiger partial charge < -0.3 is 19.2 Å².